The first-order valence-electron chi connectivity index (χ1n) is 6.95. The zero-order chi connectivity index (χ0) is 15.2. The van der Waals surface area contributed by atoms with Crippen LogP contribution < -0.4 is 5.32 Å². The molecule has 1 aromatic carbocycles. The summed E-state index contributed by atoms with van der Waals surface area (Å²) in [5, 5.41) is 12.6. The van der Waals surface area contributed by atoms with Crippen molar-refractivity contribution >= 4 is 5.82 Å². The number of rotatable bonds is 5. The second-order valence-electron chi connectivity index (χ2n) is 4.70. The lowest BCUT2D eigenvalue weighted by Gasteiger charge is -2.08. The van der Waals surface area contributed by atoms with Crippen molar-refractivity contribution in [2.75, 3.05) is 11.9 Å². The highest BCUT2D eigenvalue weighted by Gasteiger charge is 2.14. The molecule has 1 N–H and O–H groups in total. The summed E-state index contributed by atoms with van der Waals surface area (Å²) >= 11 is 0. The predicted molar refractivity (Wildman–Crippen MR) is 83.1 cm³/mol. The van der Waals surface area contributed by atoms with Crippen LogP contribution in [0.1, 0.15) is 11.1 Å². The van der Waals surface area contributed by atoms with Crippen molar-refractivity contribution in [1.29, 1.82) is 5.26 Å². The van der Waals surface area contributed by atoms with Gasteiger partial charge in [0, 0.05) is 6.54 Å². The third-order valence-corrected chi connectivity index (χ3v) is 3.26. The second kappa shape index (κ2) is 6.55. The second-order valence-corrected chi connectivity index (χ2v) is 4.70. The van der Waals surface area contributed by atoms with E-state index in [0.29, 0.717) is 29.4 Å². The molecule has 0 aliphatic carbocycles. The average molecular weight is 290 g/mol. The van der Waals surface area contributed by atoms with E-state index in [1.54, 1.807) is 18.4 Å². The van der Waals surface area contributed by atoms with Gasteiger partial charge in [-0.25, -0.2) is 9.97 Å². The minimum absolute atomic E-state index is 0.394. The highest BCUT2D eigenvalue weighted by molar-refractivity contribution is 5.69. The average Bonchev–Trinajstić information content (AvgIpc) is 3.10. The maximum absolute atomic E-state index is 9.40. The monoisotopic (exact) mass is 290 g/mol. The highest BCUT2D eigenvalue weighted by Crippen LogP contribution is 2.25. The zero-order valence-corrected chi connectivity index (χ0v) is 11.9. The summed E-state index contributed by atoms with van der Waals surface area (Å²) in [5.74, 6) is 1.09. The quantitative estimate of drug-likeness (QED) is 0.780. The fourth-order valence-corrected chi connectivity index (χ4v) is 2.20. The molecule has 5 heteroatoms. The predicted octanol–water partition coefficient (Wildman–Crippen LogP) is 3.26. The summed E-state index contributed by atoms with van der Waals surface area (Å²) in [6.07, 6.45) is 3.84. The number of anilines is 1. The molecule has 0 aliphatic heterocycles. The molecule has 0 radical (unpaired) electrons. The van der Waals surface area contributed by atoms with Gasteiger partial charge in [-0.3, -0.25) is 0 Å². The Labute approximate surface area is 128 Å². The third-order valence-electron chi connectivity index (χ3n) is 3.26. The Morgan fingerprint density at radius 3 is 2.68 bits per heavy atom. The van der Waals surface area contributed by atoms with Crippen molar-refractivity contribution in [2.24, 2.45) is 0 Å². The number of benzene rings is 1. The molecular formula is C17H14N4O. The molecule has 2 heterocycles. The molecule has 0 amide bonds. The Hall–Kier alpha value is -3.13. The Balaban J connectivity index is 1.77. The van der Waals surface area contributed by atoms with Crippen molar-refractivity contribution in [3.8, 4) is 17.5 Å². The van der Waals surface area contributed by atoms with Gasteiger partial charge < -0.3 is 9.73 Å². The first-order chi connectivity index (χ1) is 10.9. The maximum Gasteiger partial charge on any atom is 0.153 e. The maximum atomic E-state index is 9.40. The summed E-state index contributed by atoms with van der Waals surface area (Å²) in [7, 11) is 0. The molecular weight excluding hydrogens is 276 g/mol. The number of furan rings is 1. The molecule has 0 bridgehead atoms. The van der Waals surface area contributed by atoms with Crippen LogP contribution in [0.3, 0.4) is 0 Å². The molecule has 0 saturated carbocycles. The molecule has 3 rings (SSSR count). The number of nitriles is 1. The number of aromatic nitrogens is 2. The zero-order valence-electron chi connectivity index (χ0n) is 11.9. The molecule has 0 saturated heterocycles. The number of hydrogen-bond acceptors (Lipinski definition) is 5. The Morgan fingerprint density at radius 2 is 1.95 bits per heavy atom. The summed E-state index contributed by atoms with van der Waals surface area (Å²) in [4.78, 5) is 8.32. The van der Waals surface area contributed by atoms with Crippen molar-refractivity contribution in [2.45, 2.75) is 6.42 Å². The minimum Gasteiger partial charge on any atom is -0.463 e. The first-order valence-corrected chi connectivity index (χ1v) is 6.95. The van der Waals surface area contributed by atoms with Crippen LogP contribution in [0.25, 0.3) is 11.5 Å². The molecule has 0 spiro atoms. The van der Waals surface area contributed by atoms with E-state index in [2.05, 4.69) is 33.5 Å². The van der Waals surface area contributed by atoms with Gasteiger partial charge >= 0.3 is 0 Å². The lowest BCUT2D eigenvalue weighted by Crippen LogP contribution is -2.09. The fourth-order valence-electron chi connectivity index (χ4n) is 2.20. The molecule has 0 unspecified atom stereocenters. The number of nitrogens with zero attached hydrogens (tertiary/aromatic N) is 3. The Bertz CT molecular complexity index is 776. The van der Waals surface area contributed by atoms with Gasteiger partial charge in [0.15, 0.2) is 5.76 Å². The molecule has 5 nitrogen and oxygen atoms in total. The van der Waals surface area contributed by atoms with Crippen LogP contribution in [-0.4, -0.2) is 16.5 Å². The van der Waals surface area contributed by atoms with E-state index in [-0.39, 0.29) is 0 Å². The standard InChI is InChI=1S/C17H14N4O/c18-11-14-16(15-7-4-10-22-15)20-12-21-17(14)19-9-8-13-5-2-1-3-6-13/h1-7,10,12H,8-9H2,(H,19,20,21). The highest BCUT2D eigenvalue weighted by atomic mass is 16.3. The Morgan fingerprint density at radius 1 is 1.09 bits per heavy atom. The topological polar surface area (TPSA) is 74.7 Å². The summed E-state index contributed by atoms with van der Waals surface area (Å²) in [6.45, 7) is 0.688. The van der Waals surface area contributed by atoms with Crippen molar-refractivity contribution in [3.63, 3.8) is 0 Å². The lowest BCUT2D eigenvalue weighted by molar-refractivity contribution is 0.579. The molecule has 22 heavy (non-hydrogen) atoms. The van der Waals surface area contributed by atoms with E-state index < -0.39 is 0 Å². The first kappa shape index (κ1) is 13.8. The van der Waals surface area contributed by atoms with Crippen LogP contribution in [0.4, 0.5) is 5.82 Å². The summed E-state index contributed by atoms with van der Waals surface area (Å²) in [6, 6.07) is 15.8. The summed E-state index contributed by atoms with van der Waals surface area (Å²) < 4.78 is 5.32. The normalized spacial score (nSPS) is 10.1. The molecule has 108 valence electrons. The third kappa shape index (κ3) is 2.96. The number of hydrogen-bond donors (Lipinski definition) is 1. The van der Waals surface area contributed by atoms with Gasteiger partial charge in [-0.1, -0.05) is 30.3 Å². The van der Waals surface area contributed by atoms with Gasteiger partial charge in [-0.2, -0.15) is 5.26 Å². The van der Waals surface area contributed by atoms with Crippen molar-refractivity contribution in [3.05, 3.63) is 66.2 Å². The van der Waals surface area contributed by atoms with Crippen LogP contribution in [0.5, 0.6) is 0 Å². The van der Waals surface area contributed by atoms with Gasteiger partial charge in [0.2, 0.25) is 0 Å². The van der Waals surface area contributed by atoms with Crippen LogP contribution >= 0.6 is 0 Å². The Kier molecular flexibility index (Phi) is 4.12. The van der Waals surface area contributed by atoms with Crippen LogP contribution in [-0.2, 0) is 6.42 Å². The van der Waals surface area contributed by atoms with E-state index >= 15 is 0 Å². The largest absolute Gasteiger partial charge is 0.463 e. The molecule has 3 aromatic rings. The number of nitrogens with one attached hydrogen (secondary N) is 1. The molecule has 0 atom stereocenters. The fraction of sp³-hybridized carbons (Fsp3) is 0.118. The SMILES string of the molecule is N#Cc1c(NCCc2ccccc2)ncnc1-c1ccco1. The molecule has 2 aromatic heterocycles. The summed E-state index contributed by atoms with van der Waals surface area (Å²) in [5.41, 5.74) is 2.13. The molecule has 0 aliphatic rings. The van der Waals surface area contributed by atoms with Gasteiger partial charge in [0.05, 0.1) is 6.26 Å². The lowest BCUT2D eigenvalue weighted by atomic mass is 10.1. The van der Waals surface area contributed by atoms with E-state index in [1.807, 2.05) is 18.2 Å². The van der Waals surface area contributed by atoms with E-state index in [0.717, 1.165) is 6.42 Å². The smallest absolute Gasteiger partial charge is 0.153 e. The van der Waals surface area contributed by atoms with E-state index in [4.69, 9.17) is 4.42 Å². The van der Waals surface area contributed by atoms with Crippen LogP contribution in [0.15, 0.2) is 59.5 Å². The van der Waals surface area contributed by atoms with Crippen molar-refractivity contribution < 1.29 is 4.42 Å². The van der Waals surface area contributed by atoms with Gasteiger partial charge in [-0.15, -0.1) is 0 Å². The van der Waals surface area contributed by atoms with E-state index in [9.17, 15) is 5.26 Å². The minimum atomic E-state index is 0.394. The van der Waals surface area contributed by atoms with Crippen LogP contribution in [0, 0.1) is 11.3 Å². The van der Waals surface area contributed by atoms with Gasteiger partial charge in [0.25, 0.3) is 0 Å². The van der Waals surface area contributed by atoms with Gasteiger partial charge in [0.1, 0.15) is 29.5 Å². The van der Waals surface area contributed by atoms with E-state index in [1.165, 1.54) is 11.9 Å². The van der Waals surface area contributed by atoms with Gasteiger partial charge in [-0.05, 0) is 24.1 Å². The molecule has 0 fully saturated rings. The van der Waals surface area contributed by atoms with Crippen LogP contribution in [0.2, 0.25) is 0 Å². The van der Waals surface area contributed by atoms with Crippen molar-refractivity contribution in [1.82, 2.24) is 9.97 Å².